The van der Waals surface area contributed by atoms with Crippen molar-refractivity contribution in [1.29, 1.82) is 0 Å². The van der Waals surface area contributed by atoms with E-state index in [0.717, 1.165) is 0 Å². The maximum Gasteiger partial charge on any atom is 0.407 e. The molecule has 0 spiro atoms. The molecule has 84 valence electrons. The Balaban J connectivity index is 3.62. The SMILES string of the molecule is C=CCNC(=O)OCCC=C(C)C(=O)O. The number of amides is 1. The molecule has 0 saturated heterocycles. The Morgan fingerprint density at radius 3 is 2.73 bits per heavy atom. The molecule has 0 unspecified atom stereocenters. The Morgan fingerprint density at radius 1 is 1.53 bits per heavy atom. The summed E-state index contributed by atoms with van der Waals surface area (Å²) >= 11 is 0. The molecule has 0 heterocycles. The van der Waals surface area contributed by atoms with Gasteiger partial charge in [-0.3, -0.25) is 0 Å². The van der Waals surface area contributed by atoms with Crippen molar-refractivity contribution < 1.29 is 19.4 Å². The average Bonchev–Trinajstić information content (AvgIpc) is 2.20. The van der Waals surface area contributed by atoms with Gasteiger partial charge in [-0.15, -0.1) is 6.58 Å². The van der Waals surface area contributed by atoms with Gasteiger partial charge in [0.25, 0.3) is 0 Å². The van der Waals surface area contributed by atoms with E-state index in [1.54, 1.807) is 0 Å². The minimum atomic E-state index is -0.967. The number of aliphatic carboxylic acids is 1. The van der Waals surface area contributed by atoms with Crippen LogP contribution in [-0.4, -0.2) is 30.3 Å². The van der Waals surface area contributed by atoms with Crippen LogP contribution in [0.2, 0.25) is 0 Å². The van der Waals surface area contributed by atoms with Gasteiger partial charge in [-0.25, -0.2) is 9.59 Å². The number of carboxylic acids is 1. The van der Waals surface area contributed by atoms with Gasteiger partial charge < -0.3 is 15.2 Å². The summed E-state index contributed by atoms with van der Waals surface area (Å²) in [4.78, 5) is 21.2. The zero-order chi connectivity index (χ0) is 11.7. The lowest BCUT2D eigenvalue weighted by atomic mass is 10.2. The fourth-order valence-electron chi connectivity index (χ4n) is 0.721. The van der Waals surface area contributed by atoms with Crippen LogP contribution in [0.3, 0.4) is 0 Å². The summed E-state index contributed by atoms with van der Waals surface area (Å²) in [6.07, 6.45) is 2.90. The molecule has 2 N–H and O–H groups in total. The van der Waals surface area contributed by atoms with Crippen LogP contribution in [0.15, 0.2) is 24.3 Å². The first kappa shape index (κ1) is 13.2. The van der Waals surface area contributed by atoms with Crippen molar-refractivity contribution in [2.45, 2.75) is 13.3 Å². The number of alkyl carbamates (subject to hydrolysis) is 1. The normalized spacial score (nSPS) is 10.6. The molecule has 0 aliphatic rings. The molecule has 0 bridgehead atoms. The van der Waals surface area contributed by atoms with Gasteiger partial charge in [-0.1, -0.05) is 12.2 Å². The zero-order valence-corrected chi connectivity index (χ0v) is 8.66. The molecule has 0 saturated carbocycles. The van der Waals surface area contributed by atoms with Gasteiger partial charge in [0, 0.05) is 18.5 Å². The number of rotatable bonds is 6. The third-order valence-electron chi connectivity index (χ3n) is 1.53. The van der Waals surface area contributed by atoms with E-state index < -0.39 is 12.1 Å². The van der Waals surface area contributed by atoms with Gasteiger partial charge in [0.15, 0.2) is 0 Å². The van der Waals surface area contributed by atoms with Crippen LogP contribution in [0.5, 0.6) is 0 Å². The molecular weight excluding hydrogens is 198 g/mol. The van der Waals surface area contributed by atoms with Crippen molar-refractivity contribution in [1.82, 2.24) is 5.32 Å². The second kappa shape index (κ2) is 7.61. The number of hydrogen-bond acceptors (Lipinski definition) is 3. The molecule has 0 radical (unpaired) electrons. The standard InChI is InChI=1S/C10H15NO4/c1-3-6-11-10(14)15-7-4-5-8(2)9(12)13/h3,5H,1,4,6-7H2,2H3,(H,11,14)(H,12,13). The van der Waals surface area contributed by atoms with E-state index >= 15 is 0 Å². The van der Waals surface area contributed by atoms with Gasteiger partial charge in [-0.05, 0) is 6.92 Å². The van der Waals surface area contributed by atoms with E-state index in [9.17, 15) is 9.59 Å². The third-order valence-corrected chi connectivity index (χ3v) is 1.53. The number of hydrogen-bond donors (Lipinski definition) is 2. The zero-order valence-electron chi connectivity index (χ0n) is 8.66. The molecule has 5 heteroatoms. The summed E-state index contributed by atoms with van der Waals surface area (Å²) < 4.78 is 4.74. The summed E-state index contributed by atoms with van der Waals surface area (Å²) in [5, 5.41) is 10.9. The van der Waals surface area contributed by atoms with E-state index in [4.69, 9.17) is 9.84 Å². The fraction of sp³-hybridized carbons (Fsp3) is 0.400. The lowest BCUT2D eigenvalue weighted by Crippen LogP contribution is -2.24. The van der Waals surface area contributed by atoms with Crippen molar-refractivity contribution in [3.8, 4) is 0 Å². The summed E-state index contributed by atoms with van der Waals surface area (Å²) in [6.45, 7) is 5.42. The number of carboxylic acid groups (broad SMARTS) is 1. The van der Waals surface area contributed by atoms with Crippen LogP contribution in [-0.2, 0) is 9.53 Å². The molecule has 0 atom stereocenters. The van der Waals surface area contributed by atoms with Crippen LogP contribution >= 0.6 is 0 Å². The molecule has 1 amide bonds. The molecule has 0 rings (SSSR count). The van der Waals surface area contributed by atoms with Crippen LogP contribution in [0.4, 0.5) is 4.79 Å². The van der Waals surface area contributed by atoms with Crippen molar-refractivity contribution in [3.63, 3.8) is 0 Å². The first-order valence-electron chi connectivity index (χ1n) is 4.49. The van der Waals surface area contributed by atoms with E-state index in [0.29, 0.717) is 13.0 Å². The van der Waals surface area contributed by atoms with Crippen molar-refractivity contribution in [2.24, 2.45) is 0 Å². The number of carbonyl (C=O) groups is 2. The summed E-state index contributed by atoms with van der Waals surface area (Å²) in [5.41, 5.74) is 0.241. The maximum absolute atomic E-state index is 10.9. The van der Waals surface area contributed by atoms with Crippen molar-refractivity contribution in [3.05, 3.63) is 24.3 Å². The molecule has 5 nitrogen and oxygen atoms in total. The van der Waals surface area contributed by atoms with Gasteiger partial charge >= 0.3 is 12.1 Å². The Labute approximate surface area is 88.4 Å². The average molecular weight is 213 g/mol. The van der Waals surface area contributed by atoms with Crippen LogP contribution in [0, 0.1) is 0 Å². The quantitative estimate of drug-likeness (QED) is 0.396. The van der Waals surface area contributed by atoms with Crippen LogP contribution < -0.4 is 5.32 Å². The highest BCUT2D eigenvalue weighted by atomic mass is 16.5. The Hall–Kier alpha value is -1.78. The summed E-state index contributed by atoms with van der Waals surface area (Å²) in [7, 11) is 0. The van der Waals surface area contributed by atoms with E-state index in [1.807, 2.05) is 0 Å². The highest BCUT2D eigenvalue weighted by Crippen LogP contribution is 1.95. The second-order valence-corrected chi connectivity index (χ2v) is 2.79. The predicted molar refractivity (Wildman–Crippen MR) is 55.6 cm³/mol. The number of carbonyl (C=O) groups excluding carboxylic acids is 1. The Kier molecular flexibility index (Phi) is 6.70. The minimum absolute atomic E-state index is 0.160. The molecule has 0 aliphatic heterocycles. The molecule has 0 aromatic carbocycles. The molecular formula is C10H15NO4. The maximum atomic E-state index is 10.9. The minimum Gasteiger partial charge on any atom is -0.478 e. The lowest BCUT2D eigenvalue weighted by Gasteiger charge is -2.03. The van der Waals surface area contributed by atoms with E-state index in [-0.39, 0.29) is 12.2 Å². The van der Waals surface area contributed by atoms with Gasteiger partial charge in [0.2, 0.25) is 0 Å². The number of nitrogens with one attached hydrogen (secondary N) is 1. The molecule has 0 aromatic heterocycles. The van der Waals surface area contributed by atoms with E-state index in [1.165, 1.54) is 19.1 Å². The highest BCUT2D eigenvalue weighted by molar-refractivity contribution is 5.85. The van der Waals surface area contributed by atoms with Crippen LogP contribution in [0.25, 0.3) is 0 Å². The largest absolute Gasteiger partial charge is 0.478 e. The smallest absolute Gasteiger partial charge is 0.407 e. The fourth-order valence-corrected chi connectivity index (χ4v) is 0.721. The number of ether oxygens (including phenoxy) is 1. The monoisotopic (exact) mass is 213 g/mol. The summed E-state index contributed by atoms with van der Waals surface area (Å²) in [6, 6.07) is 0. The molecule has 0 aliphatic carbocycles. The molecule has 0 fully saturated rings. The lowest BCUT2D eigenvalue weighted by molar-refractivity contribution is -0.132. The summed E-state index contributed by atoms with van der Waals surface area (Å²) in [5.74, 6) is -0.967. The van der Waals surface area contributed by atoms with Crippen molar-refractivity contribution in [2.75, 3.05) is 13.2 Å². The first-order chi connectivity index (χ1) is 7.07. The first-order valence-corrected chi connectivity index (χ1v) is 4.49. The molecule has 0 aromatic rings. The van der Waals surface area contributed by atoms with Gasteiger partial charge in [0.1, 0.15) is 0 Å². The second-order valence-electron chi connectivity index (χ2n) is 2.79. The predicted octanol–water partition coefficient (Wildman–Crippen LogP) is 1.32. The third kappa shape index (κ3) is 7.30. The topological polar surface area (TPSA) is 75.6 Å². The van der Waals surface area contributed by atoms with E-state index in [2.05, 4.69) is 11.9 Å². The Bertz CT molecular complexity index is 271. The van der Waals surface area contributed by atoms with Crippen LogP contribution in [0.1, 0.15) is 13.3 Å². The molecule has 15 heavy (non-hydrogen) atoms. The van der Waals surface area contributed by atoms with Gasteiger partial charge in [-0.2, -0.15) is 0 Å². The van der Waals surface area contributed by atoms with Gasteiger partial charge in [0.05, 0.1) is 6.61 Å². The highest BCUT2D eigenvalue weighted by Gasteiger charge is 2.00. The van der Waals surface area contributed by atoms with Crippen molar-refractivity contribution >= 4 is 12.1 Å². The Morgan fingerprint density at radius 2 is 2.20 bits per heavy atom.